The highest BCUT2D eigenvalue weighted by Gasteiger charge is 2.29. The summed E-state index contributed by atoms with van der Waals surface area (Å²) in [4.78, 5) is 24.9. The van der Waals surface area contributed by atoms with E-state index in [1.807, 2.05) is 0 Å². The second-order valence-corrected chi connectivity index (χ2v) is 5.42. The first-order valence-electron chi connectivity index (χ1n) is 6.14. The van der Waals surface area contributed by atoms with Crippen molar-refractivity contribution < 1.29 is 19.4 Å². The number of carbonyl (C=O) groups is 2. The third-order valence-corrected chi connectivity index (χ3v) is 3.86. The molecule has 6 nitrogen and oxygen atoms in total. The molecule has 1 aromatic rings. The van der Waals surface area contributed by atoms with E-state index in [9.17, 15) is 9.59 Å². The zero-order chi connectivity index (χ0) is 14.7. The predicted octanol–water partition coefficient (Wildman–Crippen LogP) is 1.35. The van der Waals surface area contributed by atoms with Crippen LogP contribution in [0.3, 0.4) is 0 Å². The minimum absolute atomic E-state index is 0.127. The summed E-state index contributed by atoms with van der Waals surface area (Å²) >= 11 is 3.27. The van der Waals surface area contributed by atoms with Crippen molar-refractivity contribution in [2.45, 2.75) is 12.5 Å². The lowest BCUT2D eigenvalue weighted by molar-refractivity contribution is -0.139. The molecule has 3 N–H and O–H groups in total. The summed E-state index contributed by atoms with van der Waals surface area (Å²) < 4.78 is 5.97. The van der Waals surface area contributed by atoms with Crippen molar-refractivity contribution in [3.63, 3.8) is 0 Å². The molecule has 1 saturated heterocycles. The maximum absolute atomic E-state index is 12.5. The summed E-state index contributed by atoms with van der Waals surface area (Å²) in [7, 11) is 0. The Morgan fingerprint density at radius 3 is 2.90 bits per heavy atom. The number of nitrogen functional groups attached to an aromatic ring is 1. The maximum Gasteiger partial charge on any atom is 0.305 e. The summed E-state index contributed by atoms with van der Waals surface area (Å²) in [6.07, 6.45) is -0.127. The van der Waals surface area contributed by atoms with E-state index in [1.54, 1.807) is 23.1 Å². The van der Waals surface area contributed by atoms with Gasteiger partial charge in [-0.3, -0.25) is 9.59 Å². The average molecular weight is 343 g/mol. The fraction of sp³-hybridized carbons (Fsp3) is 0.385. The van der Waals surface area contributed by atoms with Crippen molar-refractivity contribution in [2.24, 2.45) is 0 Å². The zero-order valence-electron chi connectivity index (χ0n) is 10.7. The first-order chi connectivity index (χ1) is 9.49. The van der Waals surface area contributed by atoms with Gasteiger partial charge in [0.2, 0.25) is 0 Å². The molecule has 20 heavy (non-hydrogen) atoms. The summed E-state index contributed by atoms with van der Waals surface area (Å²) in [6.45, 7) is 1.03. The molecule has 1 aromatic carbocycles. The van der Waals surface area contributed by atoms with Crippen LogP contribution in [-0.4, -0.2) is 47.7 Å². The molecule has 1 heterocycles. The highest BCUT2D eigenvalue weighted by atomic mass is 79.9. The molecule has 1 unspecified atom stereocenters. The summed E-state index contributed by atoms with van der Waals surface area (Å²) in [6, 6.07) is 4.50. The van der Waals surface area contributed by atoms with Crippen LogP contribution in [0, 0.1) is 0 Å². The van der Waals surface area contributed by atoms with E-state index in [2.05, 4.69) is 15.9 Å². The highest BCUT2D eigenvalue weighted by Crippen LogP contribution is 2.22. The van der Waals surface area contributed by atoms with Gasteiger partial charge in [-0.05, 0) is 34.1 Å². The summed E-state index contributed by atoms with van der Waals surface area (Å²) in [5, 5.41) is 8.90. The standard InChI is InChI=1S/C13H15BrN2O4/c14-10-2-1-8(5-11(10)15)13(19)16-3-4-20-7-9(16)6-12(17)18/h1-2,5,9H,3-4,6-7,15H2,(H,17,18). The van der Waals surface area contributed by atoms with E-state index >= 15 is 0 Å². The number of carboxylic acid groups (broad SMARTS) is 1. The van der Waals surface area contributed by atoms with Crippen LogP contribution in [0.2, 0.25) is 0 Å². The molecular formula is C13H15BrN2O4. The van der Waals surface area contributed by atoms with Gasteiger partial charge in [-0.2, -0.15) is 0 Å². The number of rotatable bonds is 3. The Morgan fingerprint density at radius 1 is 1.50 bits per heavy atom. The minimum atomic E-state index is -0.950. The van der Waals surface area contributed by atoms with Gasteiger partial charge < -0.3 is 20.5 Å². The first kappa shape index (κ1) is 14.8. The van der Waals surface area contributed by atoms with Crippen LogP contribution in [0.1, 0.15) is 16.8 Å². The van der Waals surface area contributed by atoms with Gasteiger partial charge in [-0.25, -0.2) is 0 Å². The molecular weight excluding hydrogens is 328 g/mol. The Bertz CT molecular complexity index is 535. The van der Waals surface area contributed by atoms with Gasteiger partial charge >= 0.3 is 5.97 Å². The molecule has 2 rings (SSSR count). The molecule has 1 aliphatic rings. The fourth-order valence-corrected chi connectivity index (χ4v) is 2.38. The van der Waals surface area contributed by atoms with Crippen molar-refractivity contribution in [3.05, 3.63) is 28.2 Å². The summed E-state index contributed by atoms with van der Waals surface area (Å²) in [5.74, 6) is -1.17. The molecule has 7 heteroatoms. The number of hydrogen-bond donors (Lipinski definition) is 2. The Kier molecular flexibility index (Phi) is 4.61. The third kappa shape index (κ3) is 3.29. The normalized spacial score (nSPS) is 18.9. The molecule has 1 fully saturated rings. The Balaban J connectivity index is 2.20. The number of ether oxygens (including phenoxy) is 1. The van der Waals surface area contributed by atoms with Crippen LogP contribution in [0.25, 0.3) is 0 Å². The lowest BCUT2D eigenvalue weighted by atomic mass is 10.1. The van der Waals surface area contributed by atoms with Gasteiger partial charge in [0.05, 0.1) is 25.7 Å². The molecule has 0 aliphatic carbocycles. The molecule has 108 valence electrons. The first-order valence-corrected chi connectivity index (χ1v) is 6.94. The molecule has 0 aromatic heterocycles. The van der Waals surface area contributed by atoms with Crippen LogP contribution >= 0.6 is 15.9 Å². The monoisotopic (exact) mass is 342 g/mol. The van der Waals surface area contributed by atoms with Gasteiger partial charge in [0.15, 0.2) is 0 Å². The lowest BCUT2D eigenvalue weighted by Crippen LogP contribution is -2.49. The van der Waals surface area contributed by atoms with Crippen molar-refractivity contribution in [1.82, 2.24) is 4.90 Å². The number of nitrogens with zero attached hydrogens (tertiary/aromatic N) is 1. The zero-order valence-corrected chi connectivity index (χ0v) is 12.3. The number of nitrogens with two attached hydrogens (primary N) is 1. The largest absolute Gasteiger partial charge is 0.481 e. The summed E-state index contributed by atoms with van der Waals surface area (Å²) in [5.41, 5.74) is 6.69. The third-order valence-electron chi connectivity index (χ3n) is 3.14. The number of aliphatic carboxylic acids is 1. The van der Waals surface area contributed by atoms with Crippen molar-refractivity contribution >= 4 is 33.5 Å². The number of morpholine rings is 1. The van der Waals surface area contributed by atoms with E-state index in [-0.39, 0.29) is 18.9 Å². The number of amides is 1. The molecule has 0 spiro atoms. The van der Waals surface area contributed by atoms with Gasteiger partial charge in [-0.15, -0.1) is 0 Å². The Labute approximate surface area is 124 Å². The quantitative estimate of drug-likeness (QED) is 0.808. The van der Waals surface area contributed by atoms with Gasteiger partial charge in [-0.1, -0.05) is 0 Å². The molecule has 1 aliphatic heterocycles. The van der Waals surface area contributed by atoms with Crippen LogP contribution in [0.4, 0.5) is 5.69 Å². The number of halogens is 1. The highest BCUT2D eigenvalue weighted by molar-refractivity contribution is 9.10. The second-order valence-electron chi connectivity index (χ2n) is 4.56. The van der Waals surface area contributed by atoms with Gasteiger partial charge in [0, 0.05) is 22.3 Å². The fourth-order valence-electron chi connectivity index (χ4n) is 2.14. The van der Waals surface area contributed by atoms with E-state index in [4.69, 9.17) is 15.6 Å². The van der Waals surface area contributed by atoms with Crippen LogP contribution < -0.4 is 5.73 Å². The topological polar surface area (TPSA) is 92.9 Å². The Morgan fingerprint density at radius 2 is 2.25 bits per heavy atom. The van der Waals surface area contributed by atoms with Crippen LogP contribution in [0.5, 0.6) is 0 Å². The number of hydrogen-bond acceptors (Lipinski definition) is 4. The predicted molar refractivity (Wildman–Crippen MR) is 76.5 cm³/mol. The van der Waals surface area contributed by atoms with E-state index < -0.39 is 12.0 Å². The van der Waals surface area contributed by atoms with Crippen molar-refractivity contribution in [3.8, 4) is 0 Å². The molecule has 0 bridgehead atoms. The smallest absolute Gasteiger partial charge is 0.305 e. The Hall–Kier alpha value is -1.60. The average Bonchev–Trinajstić information content (AvgIpc) is 2.41. The molecule has 1 amide bonds. The molecule has 0 saturated carbocycles. The van der Waals surface area contributed by atoms with Crippen molar-refractivity contribution in [2.75, 3.05) is 25.5 Å². The number of carbonyl (C=O) groups excluding carboxylic acids is 1. The SMILES string of the molecule is Nc1cc(C(=O)N2CCOCC2CC(=O)O)ccc1Br. The minimum Gasteiger partial charge on any atom is -0.481 e. The number of benzene rings is 1. The lowest BCUT2D eigenvalue weighted by Gasteiger charge is -2.35. The van der Waals surface area contributed by atoms with E-state index in [0.717, 1.165) is 4.47 Å². The van der Waals surface area contributed by atoms with Gasteiger partial charge in [0.25, 0.3) is 5.91 Å². The number of anilines is 1. The van der Waals surface area contributed by atoms with Crippen molar-refractivity contribution in [1.29, 1.82) is 0 Å². The maximum atomic E-state index is 12.5. The molecule has 0 radical (unpaired) electrons. The number of carboxylic acids is 1. The van der Waals surface area contributed by atoms with Crippen LogP contribution in [0.15, 0.2) is 22.7 Å². The van der Waals surface area contributed by atoms with Gasteiger partial charge in [0.1, 0.15) is 0 Å². The molecule has 1 atom stereocenters. The second kappa shape index (κ2) is 6.23. The van der Waals surface area contributed by atoms with Crippen LogP contribution in [-0.2, 0) is 9.53 Å². The van der Waals surface area contributed by atoms with E-state index in [1.165, 1.54) is 0 Å². The van der Waals surface area contributed by atoms with E-state index in [0.29, 0.717) is 24.4 Å².